The van der Waals surface area contributed by atoms with Crippen LogP contribution in [-0.2, 0) is 28.6 Å². The number of unbranched alkanes of at least 4 members (excludes halogenated alkanes) is 20. The van der Waals surface area contributed by atoms with Crippen LogP contribution < -0.4 is 0 Å². The number of carbonyl (C=O) groups excluding carboxylic acids is 1. The van der Waals surface area contributed by atoms with Gasteiger partial charge >= 0.3 is 11.9 Å². The first-order valence-corrected chi connectivity index (χ1v) is 22.5. The van der Waals surface area contributed by atoms with Crippen molar-refractivity contribution in [3.63, 3.8) is 0 Å². The number of carboxylic acid groups (broad SMARTS) is 1. The van der Waals surface area contributed by atoms with Gasteiger partial charge in [0.2, 0.25) is 0 Å². The van der Waals surface area contributed by atoms with E-state index < -0.39 is 16.1 Å². The molecule has 296 valence electrons. The van der Waals surface area contributed by atoms with Crippen LogP contribution in [0, 0.1) is 6.92 Å². The van der Waals surface area contributed by atoms with E-state index >= 15 is 0 Å². The monoisotopic (exact) mass is 737 g/mol. The van der Waals surface area contributed by atoms with Gasteiger partial charge in [-0.2, -0.15) is 8.42 Å². The van der Waals surface area contributed by atoms with Gasteiger partial charge in [-0.25, -0.2) is 0 Å². The molecule has 0 heterocycles. The summed E-state index contributed by atoms with van der Waals surface area (Å²) in [6, 6.07) is 6.97. The van der Waals surface area contributed by atoms with Crippen molar-refractivity contribution < 1.29 is 32.0 Å². The highest BCUT2D eigenvalue weighted by atomic mass is 32.2. The first-order valence-electron chi connectivity index (χ1n) is 21.1. The second-order valence-corrected chi connectivity index (χ2v) is 16.5. The third kappa shape index (κ3) is 27.4. The molecular weight excluding hydrogens is 661 g/mol. The minimum atomic E-state index is -3.76. The fraction of sp³-hybridized carbons (Fsp3) is 0.814. The molecule has 0 spiro atoms. The second kappa shape index (κ2) is 31.6. The molecule has 51 heavy (non-hydrogen) atoms. The van der Waals surface area contributed by atoms with Crippen LogP contribution in [0.25, 0.3) is 0 Å². The summed E-state index contributed by atoms with van der Waals surface area (Å²) in [6.07, 6.45) is 30.6. The topological polar surface area (TPSA) is 107 Å². The Morgan fingerprint density at radius 2 is 1.00 bits per heavy atom. The van der Waals surface area contributed by atoms with E-state index in [1.54, 1.807) is 18.2 Å². The van der Waals surface area contributed by atoms with E-state index in [0.717, 1.165) is 128 Å². The molecule has 1 N–H and O–H groups in total. The Kier molecular flexibility index (Phi) is 29.2. The van der Waals surface area contributed by atoms with Crippen LogP contribution in [0.15, 0.2) is 29.2 Å². The summed E-state index contributed by atoms with van der Waals surface area (Å²) >= 11 is 0. The number of rotatable bonds is 36. The molecule has 0 fully saturated rings. The fourth-order valence-corrected chi connectivity index (χ4v) is 8.00. The predicted molar refractivity (Wildman–Crippen MR) is 211 cm³/mol. The van der Waals surface area contributed by atoms with Crippen LogP contribution in [-0.4, -0.2) is 37.7 Å². The van der Waals surface area contributed by atoms with Crippen molar-refractivity contribution in [3.05, 3.63) is 29.8 Å². The van der Waals surface area contributed by atoms with Crippen LogP contribution in [0.3, 0.4) is 0 Å². The van der Waals surface area contributed by atoms with Crippen LogP contribution in [0.4, 0.5) is 0 Å². The molecule has 1 rings (SSSR count). The maximum Gasteiger partial charge on any atom is 0.306 e. The van der Waals surface area contributed by atoms with Gasteiger partial charge in [0.15, 0.2) is 0 Å². The fourth-order valence-electron chi connectivity index (χ4n) is 6.76. The lowest BCUT2D eigenvalue weighted by atomic mass is 10.0. The van der Waals surface area contributed by atoms with Gasteiger partial charge in [0.1, 0.15) is 6.10 Å². The molecule has 0 saturated heterocycles. The van der Waals surface area contributed by atoms with E-state index in [-0.39, 0.29) is 29.5 Å². The van der Waals surface area contributed by atoms with Crippen LogP contribution in [0.1, 0.15) is 212 Å². The second-order valence-electron chi connectivity index (χ2n) is 14.9. The van der Waals surface area contributed by atoms with Crippen molar-refractivity contribution >= 4 is 22.1 Å². The SMILES string of the molecule is CCCCCCC(CCCCCCCCCCC(=O)O)OC(=O)CCCCCCCCCCC(CCCCCC)OS(=O)(=O)c1cccc(C)c1. The molecule has 8 heteroatoms. The number of aryl methyl sites for hydroxylation is 1. The minimum absolute atomic E-state index is 0.0345. The molecule has 0 aliphatic rings. The number of carbonyl (C=O) groups is 2. The Morgan fingerprint density at radius 1 is 0.588 bits per heavy atom. The Labute approximate surface area is 313 Å². The van der Waals surface area contributed by atoms with Crippen molar-refractivity contribution in [1.82, 2.24) is 0 Å². The highest BCUT2D eigenvalue weighted by Crippen LogP contribution is 2.23. The van der Waals surface area contributed by atoms with Crippen molar-refractivity contribution in [1.29, 1.82) is 0 Å². The number of hydrogen-bond acceptors (Lipinski definition) is 6. The molecule has 2 atom stereocenters. The summed E-state index contributed by atoms with van der Waals surface area (Å²) in [5, 5.41) is 8.74. The molecular formula is C43H76O7S. The van der Waals surface area contributed by atoms with E-state index in [1.807, 2.05) is 13.0 Å². The Bertz CT molecular complexity index is 1100. The summed E-state index contributed by atoms with van der Waals surface area (Å²) in [6.45, 7) is 6.30. The summed E-state index contributed by atoms with van der Waals surface area (Å²) < 4.78 is 37.7. The number of benzene rings is 1. The molecule has 1 aromatic carbocycles. The Morgan fingerprint density at radius 3 is 1.45 bits per heavy atom. The maximum absolute atomic E-state index is 13.0. The molecule has 0 saturated carbocycles. The molecule has 0 aromatic heterocycles. The maximum atomic E-state index is 13.0. The largest absolute Gasteiger partial charge is 0.481 e. The Hall–Kier alpha value is -1.93. The molecule has 7 nitrogen and oxygen atoms in total. The zero-order valence-corrected chi connectivity index (χ0v) is 33.8. The van der Waals surface area contributed by atoms with Gasteiger partial charge in [0.05, 0.1) is 11.0 Å². The highest BCUT2D eigenvalue weighted by molar-refractivity contribution is 7.86. The summed E-state index contributed by atoms with van der Waals surface area (Å²) in [4.78, 5) is 23.5. The van der Waals surface area contributed by atoms with E-state index in [0.29, 0.717) is 6.42 Å². The molecule has 0 aliphatic heterocycles. The number of ether oxygens (including phenoxy) is 1. The van der Waals surface area contributed by atoms with E-state index in [1.165, 1.54) is 57.8 Å². The standard InChI is InChI=1S/C43H76O7S/c1-4-6-8-22-30-39(31-24-18-14-10-12-16-20-26-35-42(44)45)49-43(46)36-27-21-17-13-11-15-19-25-33-40(32-23-9-7-5-2)50-51(47,48)41-34-28-29-38(3)37-41/h28-29,34,37,39-40H,4-27,30-33,35-36H2,1-3H3,(H,44,45). The average molecular weight is 737 g/mol. The lowest BCUT2D eigenvalue weighted by molar-refractivity contribution is -0.150. The zero-order chi connectivity index (χ0) is 37.4. The normalized spacial score (nSPS) is 12.9. The van der Waals surface area contributed by atoms with Gasteiger partial charge in [-0.15, -0.1) is 0 Å². The van der Waals surface area contributed by atoms with Gasteiger partial charge in [-0.3, -0.25) is 13.8 Å². The molecule has 0 amide bonds. The van der Waals surface area contributed by atoms with E-state index in [9.17, 15) is 18.0 Å². The number of hydrogen-bond donors (Lipinski definition) is 1. The van der Waals surface area contributed by atoms with Crippen molar-refractivity contribution in [3.8, 4) is 0 Å². The van der Waals surface area contributed by atoms with Gasteiger partial charge in [0, 0.05) is 12.8 Å². The smallest absolute Gasteiger partial charge is 0.306 e. The lowest BCUT2D eigenvalue weighted by Gasteiger charge is -2.18. The molecule has 0 radical (unpaired) electrons. The average Bonchev–Trinajstić information content (AvgIpc) is 3.09. The summed E-state index contributed by atoms with van der Waals surface area (Å²) in [5.74, 6) is -0.732. The van der Waals surface area contributed by atoms with Gasteiger partial charge in [-0.1, -0.05) is 154 Å². The Balaban J connectivity index is 2.24. The van der Waals surface area contributed by atoms with Crippen LogP contribution >= 0.6 is 0 Å². The quantitative estimate of drug-likeness (QED) is 0.0415. The van der Waals surface area contributed by atoms with Crippen LogP contribution in [0.5, 0.6) is 0 Å². The van der Waals surface area contributed by atoms with Crippen molar-refractivity contribution in [2.24, 2.45) is 0 Å². The summed E-state index contributed by atoms with van der Waals surface area (Å²) in [7, 11) is -3.76. The molecule has 1 aromatic rings. The van der Waals surface area contributed by atoms with Crippen LogP contribution in [0.2, 0.25) is 0 Å². The third-order valence-electron chi connectivity index (χ3n) is 9.92. The lowest BCUT2D eigenvalue weighted by Crippen LogP contribution is -2.19. The number of aliphatic carboxylic acids is 1. The third-order valence-corrected chi connectivity index (χ3v) is 11.3. The van der Waals surface area contributed by atoms with E-state index in [2.05, 4.69) is 13.8 Å². The first-order chi connectivity index (χ1) is 24.7. The highest BCUT2D eigenvalue weighted by Gasteiger charge is 2.22. The van der Waals surface area contributed by atoms with Gasteiger partial charge in [0.25, 0.3) is 10.1 Å². The number of carboxylic acids is 1. The van der Waals surface area contributed by atoms with Gasteiger partial charge < -0.3 is 9.84 Å². The first kappa shape index (κ1) is 47.1. The van der Waals surface area contributed by atoms with E-state index in [4.69, 9.17) is 14.0 Å². The molecule has 2 unspecified atom stereocenters. The minimum Gasteiger partial charge on any atom is -0.481 e. The molecule has 0 bridgehead atoms. The summed E-state index contributed by atoms with van der Waals surface area (Å²) in [5.41, 5.74) is 0.912. The molecule has 0 aliphatic carbocycles. The van der Waals surface area contributed by atoms with Crippen molar-refractivity contribution in [2.45, 2.75) is 230 Å². The predicted octanol–water partition coefficient (Wildman–Crippen LogP) is 12.8. The van der Waals surface area contributed by atoms with Crippen molar-refractivity contribution in [2.75, 3.05) is 0 Å². The van der Waals surface area contributed by atoms with Gasteiger partial charge in [-0.05, 0) is 76.0 Å². The number of esters is 1. The zero-order valence-electron chi connectivity index (χ0n) is 33.0.